The highest BCUT2D eigenvalue weighted by atomic mass is 35.5. The molecule has 5 aromatic rings. The Morgan fingerprint density at radius 1 is 0.629 bits per heavy atom. The van der Waals surface area contributed by atoms with Crippen molar-refractivity contribution in [1.29, 1.82) is 5.26 Å². The standard InChI is InChI=1S/C32H18ClNS/c33-28-9-5-8-27-31(28)23-18-22(21-14-12-20(19-34)13-15-21)16-17-24(23)32(27)25-6-1-3-10-29(25)35-30-11-4-2-7-26(30)32/h1-18H. The molecule has 3 heteroatoms. The van der Waals surface area contributed by atoms with Gasteiger partial charge in [0, 0.05) is 20.4 Å². The van der Waals surface area contributed by atoms with Gasteiger partial charge in [0.2, 0.25) is 0 Å². The quantitative estimate of drug-likeness (QED) is 0.233. The third-order valence-corrected chi connectivity index (χ3v) is 8.73. The number of benzene rings is 5. The van der Waals surface area contributed by atoms with E-state index in [0.29, 0.717) is 5.56 Å². The van der Waals surface area contributed by atoms with Crippen LogP contribution in [0.4, 0.5) is 0 Å². The highest BCUT2D eigenvalue weighted by Crippen LogP contribution is 2.63. The van der Waals surface area contributed by atoms with Crippen molar-refractivity contribution in [3.05, 3.63) is 142 Å². The summed E-state index contributed by atoms with van der Waals surface area (Å²) in [5, 5.41) is 9.97. The van der Waals surface area contributed by atoms with Gasteiger partial charge in [-0.15, -0.1) is 0 Å². The molecule has 0 saturated heterocycles. The van der Waals surface area contributed by atoms with Gasteiger partial charge in [0.25, 0.3) is 0 Å². The molecular weight excluding hydrogens is 466 g/mol. The molecule has 0 aromatic heterocycles. The van der Waals surface area contributed by atoms with Gasteiger partial charge in [-0.3, -0.25) is 0 Å². The number of hydrogen-bond acceptors (Lipinski definition) is 2. The smallest absolute Gasteiger partial charge is 0.0991 e. The molecule has 1 heterocycles. The van der Waals surface area contributed by atoms with Crippen LogP contribution in [0.25, 0.3) is 22.3 Å². The molecule has 164 valence electrons. The fourth-order valence-corrected chi connectivity index (χ4v) is 7.29. The Morgan fingerprint density at radius 3 is 1.94 bits per heavy atom. The molecule has 1 aliphatic heterocycles. The number of nitrogens with zero attached hydrogens (tertiary/aromatic N) is 1. The highest BCUT2D eigenvalue weighted by molar-refractivity contribution is 7.99. The Morgan fingerprint density at radius 2 is 1.26 bits per heavy atom. The van der Waals surface area contributed by atoms with Crippen molar-refractivity contribution in [3.63, 3.8) is 0 Å². The molecule has 0 radical (unpaired) electrons. The first-order valence-corrected chi connectivity index (χ1v) is 12.7. The largest absolute Gasteiger partial charge is 0.192 e. The van der Waals surface area contributed by atoms with Crippen LogP contribution < -0.4 is 0 Å². The zero-order chi connectivity index (χ0) is 23.6. The van der Waals surface area contributed by atoms with Gasteiger partial charge in [-0.1, -0.05) is 96.2 Å². The zero-order valence-corrected chi connectivity index (χ0v) is 20.2. The molecule has 0 fully saturated rings. The lowest BCUT2D eigenvalue weighted by Gasteiger charge is -2.39. The summed E-state index contributed by atoms with van der Waals surface area (Å²) in [4.78, 5) is 2.56. The van der Waals surface area contributed by atoms with Crippen molar-refractivity contribution >= 4 is 23.4 Å². The van der Waals surface area contributed by atoms with Gasteiger partial charge in [-0.2, -0.15) is 5.26 Å². The maximum Gasteiger partial charge on any atom is 0.0991 e. The Labute approximate surface area is 213 Å². The maximum absolute atomic E-state index is 9.20. The SMILES string of the molecule is N#Cc1ccc(-c2ccc3c(c2)-c2c(Cl)cccc2C32c3ccccc3Sc3ccccc32)cc1. The van der Waals surface area contributed by atoms with E-state index in [0.717, 1.165) is 21.7 Å². The summed E-state index contributed by atoms with van der Waals surface area (Å²) in [6.07, 6.45) is 0. The van der Waals surface area contributed by atoms with Gasteiger partial charge in [0.15, 0.2) is 0 Å². The zero-order valence-electron chi connectivity index (χ0n) is 18.6. The second-order valence-corrected chi connectivity index (χ2v) is 10.4. The lowest BCUT2D eigenvalue weighted by Crippen LogP contribution is -2.31. The summed E-state index contributed by atoms with van der Waals surface area (Å²) in [5.41, 5.74) is 9.82. The van der Waals surface area contributed by atoms with Gasteiger partial charge in [0.1, 0.15) is 0 Å². The monoisotopic (exact) mass is 483 g/mol. The van der Waals surface area contributed by atoms with Crippen LogP contribution in [-0.2, 0) is 5.41 Å². The number of hydrogen-bond donors (Lipinski definition) is 0. The number of nitriles is 1. The third-order valence-electron chi connectivity index (χ3n) is 7.26. The molecule has 1 nitrogen and oxygen atoms in total. The van der Waals surface area contributed by atoms with Crippen molar-refractivity contribution in [3.8, 4) is 28.3 Å². The van der Waals surface area contributed by atoms with Crippen molar-refractivity contribution < 1.29 is 0 Å². The average Bonchev–Trinajstić information content (AvgIpc) is 3.20. The van der Waals surface area contributed by atoms with E-state index < -0.39 is 5.41 Å². The van der Waals surface area contributed by atoms with Crippen LogP contribution in [-0.4, -0.2) is 0 Å². The first-order chi connectivity index (χ1) is 17.2. The summed E-state index contributed by atoms with van der Waals surface area (Å²) in [6.45, 7) is 0. The molecule has 0 N–H and O–H groups in total. The second kappa shape index (κ2) is 7.62. The first kappa shape index (κ1) is 20.6. The molecule has 5 aromatic carbocycles. The Hall–Kier alpha value is -3.77. The van der Waals surface area contributed by atoms with Crippen molar-refractivity contribution in [2.24, 2.45) is 0 Å². The molecule has 35 heavy (non-hydrogen) atoms. The summed E-state index contributed by atoms with van der Waals surface area (Å²) < 4.78 is 0. The first-order valence-electron chi connectivity index (χ1n) is 11.5. The maximum atomic E-state index is 9.20. The summed E-state index contributed by atoms with van der Waals surface area (Å²) in [5.74, 6) is 0. The molecule has 1 spiro atoms. The van der Waals surface area contributed by atoms with Gasteiger partial charge >= 0.3 is 0 Å². The second-order valence-electron chi connectivity index (χ2n) is 8.96. The van der Waals surface area contributed by atoms with Gasteiger partial charge in [0.05, 0.1) is 17.0 Å². The molecule has 7 rings (SSSR count). The van der Waals surface area contributed by atoms with Gasteiger partial charge in [-0.05, 0) is 75.3 Å². The van der Waals surface area contributed by atoms with Crippen LogP contribution >= 0.6 is 23.4 Å². The number of rotatable bonds is 1. The lowest BCUT2D eigenvalue weighted by molar-refractivity contribution is 0.722. The summed E-state index contributed by atoms with van der Waals surface area (Å²) >= 11 is 8.79. The minimum absolute atomic E-state index is 0.419. The normalized spacial score (nSPS) is 13.9. The third kappa shape index (κ3) is 2.77. The van der Waals surface area contributed by atoms with Gasteiger partial charge < -0.3 is 0 Å². The number of halogens is 1. The Kier molecular flexibility index (Phi) is 4.48. The number of fused-ring (bicyclic) bond motifs is 9. The predicted octanol–water partition coefficient (Wildman–Crippen LogP) is 8.71. The van der Waals surface area contributed by atoms with Crippen LogP contribution in [0.3, 0.4) is 0 Å². The topological polar surface area (TPSA) is 23.8 Å². The summed E-state index contributed by atoms with van der Waals surface area (Å²) in [6, 6.07) is 40.6. The van der Waals surface area contributed by atoms with E-state index in [2.05, 4.69) is 84.9 Å². The van der Waals surface area contributed by atoms with Crippen LogP contribution in [0.1, 0.15) is 27.8 Å². The predicted molar refractivity (Wildman–Crippen MR) is 143 cm³/mol. The molecule has 0 saturated carbocycles. The van der Waals surface area contributed by atoms with E-state index in [4.69, 9.17) is 11.6 Å². The molecule has 0 amide bonds. The van der Waals surface area contributed by atoms with Crippen LogP contribution in [0.5, 0.6) is 0 Å². The average molecular weight is 484 g/mol. The Bertz CT molecular complexity index is 1650. The fraction of sp³-hybridized carbons (Fsp3) is 0.0312. The van der Waals surface area contributed by atoms with Crippen LogP contribution in [0.15, 0.2) is 119 Å². The minimum atomic E-state index is -0.419. The summed E-state index contributed by atoms with van der Waals surface area (Å²) in [7, 11) is 0. The Balaban J connectivity index is 1.58. The van der Waals surface area contributed by atoms with E-state index >= 15 is 0 Å². The fourth-order valence-electron chi connectivity index (χ4n) is 5.83. The van der Waals surface area contributed by atoms with Crippen LogP contribution in [0.2, 0.25) is 5.02 Å². The highest BCUT2D eigenvalue weighted by Gasteiger charge is 2.50. The molecule has 0 atom stereocenters. The van der Waals surface area contributed by atoms with Crippen molar-refractivity contribution in [1.82, 2.24) is 0 Å². The van der Waals surface area contributed by atoms with E-state index in [1.807, 2.05) is 42.1 Å². The van der Waals surface area contributed by atoms with E-state index in [-0.39, 0.29) is 0 Å². The van der Waals surface area contributed by atoms with Crippen molar-refractivity contribution in [2.75, 3.05) is 0 Å². The van der Waals surface area contributed by atoms with E-state index in [1.54, 1.807) is 0 Å². The molecular formula is C32H18ClNS. The minimum Gasteiger partial charge on any atom is -0.192 e. The van der Waals surface area contributed by atoms with Crippen LogP contribution in [0, 0.1) is 11.3 Å². The van der Waals surface area contributed by atoms with Crippen molar-refractivity contribution in [2.45, 2.75) is 15.2 Å². The van der Waals surface area contributed by atoms with E-state index in [1.165, 1.54) is 37.6 Å². The molecule has 0 bridgehead atoms. The van der Waals surface area contributed by atoms with E-state index in [9.17, 15) is 5.26 Å². The lowest BCUT2D eigenvalue weighted by atomic mass is 9.67. The van der Waals surface area contributed by atoms with Gasteiger partial charge in [-0.25, -0.2) is 0 Å². The molecule has 2 aliphatic rings. The molecule has 0 unspecified atom stereocenters. The molecule has 1 aliphatic carbocycles.